The Kier molecular flexibility index (Phi) is 5.17. The Hall–Kier alpha value is -2.31. The zero-order valence-corrected chi connectivity index (χ0v) is 14.5. The van der Waals surface area contributed by atoms with Crippen LogP contribution < -0.4 is 5.32 Å². The monoisotopic (exact) mass is 358 g/mol. The highest BCUT2D eigenvalue weighted by Gasteiger charge is 2.17. The number of carbonyl (C=O) groups excluding carboxylic acids is 1. The number of amides is 1. The molecule has 1 aromatic heterocycles. The average Bonchev–Trinajstić information content (AvgIpc) is 3.04. The van der Waals surface area contributed by atoms with Gasteiger partial charge in [0, 0.05) is 10.7 Å². The second-order valence-electron chi connectivity index (χ2n) is 5.07. The number of rotatable bonds is 5. The zero-order chi connectivity index (χ0) is 16.9. The van der Waals surface area contributed by atoms with Crippen LogP contribution in [0.4, 0.5) is 5.69 Å². The van der Waals surface area contributed by atoms with Gasteiger partial charge in [0.1, 0.15) is 6.33 Å². The molecule has 0 aliphatic rings. The predicted octanol–water partition coefficient (Wildman–Crippen LogP) is 4.04. The summed E-state index contributed by atoms with van der Waals surface area (Å²) in [6.07, 6.45) is 1.64. The highest BCUT2D eigenvalue weighted by Crippen LogP contribution is 2.22. The van der Waals surface area contributed by atoms with Gasteiger partial charge in [-0.2, -0.15) is 0 Å². The first kappa shape index (κ1) is 16.5. The largest absolute Gasteiger partial charge is 0.325 e. The minimum absolute atomic E-state index is 0.127. The van der Waals surface area contributed by atoms with E-state index in [2.05, 4.69) is 15.4 Å². The fourth-order valence-corrected chi connectivity index (χ4v) is 2.94. The summed E-state index contributed by atoms with van der Waals surface area (Å²) in [5.41, 5.74) is 1.59. The molecule has 0 unspecified atom stereocenters. The molecule has 0 radical (unpaired) electrons. The maximum absolute atomic E-state index is 12.3. The molecule has 0 aliphatic heterocycles. The molecule has 122 valence electrons. The number of carbonyl (C=O) groups is 1. The Labute approximate surface area is 149 Å². The number of aromatic nitrogens is 3. The highest BCUT2D eigenvalue weighted by molar-refractivity contribution is 8.00. The summed E-state index contributed by atoms with van der Waals surface area (Å²) < 4.78 is 1.68. The van der Waals surface area contributed by atoms with Gasteiger partial charge in [0.15, 0.2) is 0 Å². The van der Waals surface area contributed by atoms with Gasteiger partial charge in [0.2, 0.25) is 11.1 Å². The van der Waals surface area contributed by atoms with Crippen molar-refractivity contribution in [3.8, 4) is 5.69 Å². The Bertz CT molecular complexity index is 837. The molecule has 3 rings (SSSR count). The Morgan fingerprint density at radius 2 is 2.00 bits per heavy atom. The van der Waals surface area contributed by atoms with E-state index in [1.54, 1.807) is 35.3 Å². The van der Waals surface area contributed by atoms with Crippen molar-refractivity contribution < 1.29 is 4.79 Å². The van der Waals surface area contributed by atoms with Gasteiger partial charge >= 0.3 is 0 Å². The van der Waals surface area contributed by atoms with Crippen LogP contribution in [0.1, 0.15) is 6.92 Å². The molecule has 0 saturated carbocycles. The van der Waals surface area contributed by atoms with Crippen LogP contribution in [0.15, 0.2) is 66.1 Å². The fourth-order valence-electron chi connectivity index (χ4n) is 2.03. The molecule has 0 spiro atoms. The van der Waals surface area contributed by atoms with E-state index in [-0.39, 0.29) is 11.2 Å². The highest BCUT2D eigenvalue weighted by atomic mass is 35.5. The average molecular weight is 359 g/mol. The van der Waals surface area contributed by atoms with Gasteiger partial charge < -0.3 is 5.32 Å². The molecular formula is C17H15ClN4OS. The minimum atomic E-state index is -0.337. The molecule has 24 heavy (non-hydrogen) atoms. The smallest absolute Gasteiger partial charge is 0.237 e. The summed E-state index contributed by atoms with van der Waals surface area (Å²) in [7, 11) is 0. The second kappa shape index (κ2) is 7.51. The number of halogens is 1. The number of hydrogen-bond donors (Lipinski definition) is 1. The molecule has 0 bridgehead atoms. The lowest BCUT2D eigenvalue weighted by atomic mass is 10.3. The first-order valence-corrected chi connectivity index (χ1v) is 8.58. The van der Waals surface area contributed by atoms with Crippen LogP contribution in [-0.2, 0) is 4.79 Å². The van der Waals surface area contributed by atoms with Crippen molar-refractivity contribution in [2.75, 3.05) is 5.32 Å². The first-order valence-electron chi connectivity index (χ1n) is 7.32. The van der Waals surface area contributed by atoms with E-state index in [4.69, 9.17) is 11.6 Å². The van der Waals surface area contributed by atoms with Gasteiger partial charge in [0.25, 0.3) is 0 Å². The second-order valence-corrected chi connectivity index (χ2v) is 6.81. The number of nitrogens with zero attached hydrogens (tertiary/aromatic N) is 3. The van der Waals surface area contributed by atoms with E-state index in [0.717, 1.165) is 5.69 Å². The van der Waals surface area contributed by atoms with Gasteiger partial charge in [-0.1, -0.05) is 47.6 Å². The van der Waals surface area contributed by atoms with E-state index < -0.39 is 0 Å². The number of thioether (sulfide) groups is 1. The van der Waals surface area contributed by atoms with Crippen molar-refractivity contribution in [2.45, 2.75) is 17.3 Å². The van der Waals surface area contributed by atoms with E-state index in [1.807, 2.05) is 37.3 Å². The third-order valence-electron chi connectivity index (χ3n) is 3.24. The molecule has 5 nitrogen and oxygen atoms in total. The number of anilines is 1. The lowest BCUT2D eigenvalue weighted by molar-refractivity contribution is -0.115. The maximum atomic E-state index is 12.3. The molecule has 0 fully saturated rings. The van der Waals surface area contributed by atoms with Crippen molar-refractivity contribution in [1.82, 2.24) is 14.8 Å². The normalized spacial score (nSPS) is 11.9. The van der Waals surface area contributed by atoms with Gasteiger partial charge in [-0.15, -0.1) is 5.10 Å². The van der Waals surface area contributed by atoms with Crippen molar-refractivity contribution in [3.63, 3.8) is 0 Å². The molecule has 7 heteroatoms. The van der Waals surface area contributed by atoms with Crippen LogP contribution in [-0.4, -0.2) is 25.9 Å². The predicted molar refractivity (Wildman–Crippen MR) is 96.8 cm³/mol. The Balaban J connectivity index is 1.63. The topological polar surface area (TPSA) is 59.8 Å². The summed E-state index contributed by atoms with van der Waals surface area (Å²) in [6, 6.07) is 16.8. The molecule has 0 saturated heterocycles. The Morgan fingerprint density at radius 1 is 1.21 bits per heavy atom. The van der Waals surface area contributed by atoms with Gasteiger partial charge in [0.05, 0.1) is 10.9 Å². The van der Waals surface area contributed by atoms with Crippen LogP contribution in [0.5, 0.6) is 0 Å². The van der Waals surface area contributed by atoms with Crippen molar-refractivity contribution >= 4 is 35.0 Å². The van der Waals surface area contributed by atoms with Crippen molar-refractivity contribution in [3.05, 3.63) is 65.9 Å². The number of hydrogen-bond acceptors (Lipinski definition) is 4. The van der Waals surface area contributed by atoms with Crippen LogP contribution in [0.2, 0.25) is 5.02 Å². The van der Waals surface area contributed by atoms with Gasteiger partial charge in [-0.25, -0.2) is 9.67 Å². The van der Waals surface area contributed by atoms with Crippen molar-refractivity contribution in [1.29, 1.82) is 0 Å². The lowest BCUT2D eigenvalue weighted by Gasteiger charge is -2.10. The van der Waals surface area contributed by atoms with Crippen LogP contribution >= 0.6 is 23.4 Å². The van der Waals surface area contributed by atoms with E-state index >= 15 is 0 Å². The third-order valence-corrected chi connectivity index (χ3v) is 4.44. The standard InChI is InChI=1S/C17H15ClN4OS/c1-12(16(23)20-14-7-5-6-13(18)10-14)24-17-19-11-22(21-17)15-8-3-2-4-9-15/h2-12H,1H3,(H,20,23)/t12-/m0/s1. The summed E-state index contributed by atoms with van der Waals surface area (Å²) in [5, 5.41) is 8.02. The van der Waals surface area contributed by atoms with Gasteiger partial charge in [-0.3, -0.25) is 4.79 Å². The summed E-state index contributed by atoms with van der Waals surface area (Å²) >= 11 is 7.22. The van der Waals surface area contributed by atoms with E-state index in [1.165, 1.54) is 11.8 Å². The quantitative estimate of drug-likeness (QED) is 0.699. The van der Waals surface area contributed by atoms with Crippen LogP contribution in [0.25, 0.3) is 5.69 Å². The third kappa shape index (κ3) is 4.15. The zero-order valence-electron chi connectivity index (χ0n) is 12.9. The SMILES string of the molecule is C[C@H](Sc1ncn(-c2ccccc2)n1)C(=O)Nc1cccc(Cl)c1. The van der Waals surface area contributed by atoms with Gasteiger partial charge in [-0.05, 0) is 37.3 Å². The number of nitrogens with one attached hydrogen (secondary N) is 1. The fraction of sp³-hybridized carbons (Fsp3) is 0.118. The minimum Gasteiger partial charge on any atom is -0.325 e. The molecule has 0 aliphatic carbocycles. The molecular weight excluding hydrogens is 344 g/mol. The lowest BCUT2D eigenvalue weighted by Crippen LogP contribution is -2.22. The molecule has 1 atom stereocenters. The van der Waals surface area contributed by atoms with Crippen LogP contribution in [0.3, 0.4) is 0 Å². The maximum Gasteiger partial charge on any atom is 0.237 e. The molecule has 1 N–H and O–H groups in total. The number of benzene rings is 2. The summed E-state index contributed by atoms with van der Waals surface area (Å²) in [5.74, 6) is -0.127. The molecule has 1 amide bonds. The van der Waals surface area contributed by atoms with E-state index in [0.29, 0.717) is 15.9 Å². The molecule has 3 aromatic rings. The number of para-hydroxylation sites is 1. The molecule has 2 aromatic carbocycles. The van der Waals surface area contributed by atoms with Crippen LogP contribution in [0, 0.1) is 0 Å². The Morgan fingerprint density at radius 3 is 2.75 bits per heavy atom. The summed E-state index contributed by atoms with van der Waals surface area (Å²) in [4.78, 5) is 16.5. The first-order chi connectivity index (χ1) is 11.6. The molecule has 1 heterocycles. The van der Waals surface area contributed by atoms with E-state index in [9.17, 15) is 4.79 Å². The summed E-state index contributed by atoms with van der Waals surface area (Å²) in [6.45, 7) is 1.81. The van der Waals surface area contributed by atoms with Crippen molar-refractivity contribution in [2.24, 2.45) is 0 Å².